The Balaban J connectivity index is 1.39. The number of benzene rings is 2. The van der Waals surface area contributed by atoms with Gasteiger partial charge < -0.3 is 14.5 Å². The van der Waals surface area contributed by atoms with E-state index < -0.39 is 16.8 Å². The fourth-order valence-corrected chi connectivity index (χ4v) is 6.58. The van der Waals surface area contributed by atoms with E-state index in [-0.39, 0.29) is 34.9 Å². The van der Waals surface area contributed by atoms with Crippen molar-refractivity contribution in [2.75, 3.05) is 23.7 Å². The van der Waals surface area contributed by atoms with Crippen LogP contribution in [0, 0.1) is 0 Å². The standard InChI is InChI=1S/C27H32Cl2N2O4S/c1-18-19(2)31(14-13-30(18)22-8-6-7-21(28)16-22)27(33)20-11-12-25(24(29)15-20)36(34)17-26(32)35-23-9-4-3-5-10-23/h6-8,11-12,15-16,18-19,23H,3-5,9-10,13-14,17H2,1-2H3. The summed E-state index contributed by atoms with van der Waals surface area (Å²) >= 11 is 12.6. The molecule has 1 saturated heterocycles. The number of halogens is 2. The van der Waals surface area contributed by atoms with Crippen molar-refractivity contribution in [3.05, 3.63) is 58.1 Å². The van der Waals surface area contributed by atoms with Crippen LogP contribution < -0.4 is 4.90 Å². The molecule has 3 unspecified atom stereocenters. The molecule has 1 aliphatic carbocycles. The van der Waals surface area contributed by atoms with Gasteiger partial charge in [-0.2, -0.15) is 0 Å². The average molecular weight is 552 g/mol. The second-order valence-corrected chi connectivity index (χ2v) is 11.8. The lowest BCUT2D eigenvalue weighted by Crippen LogP contribution is -2.59. The molecule has 6 nitrogen and oxygen atoms in total. The van der Waals surface area contributed by atoms with Crippen LogP contribution in [0.4, 0.5) is 5.69 Å². The van der Waals surface area contributed by atoms with Gasteiger partial charge in [-0.3, -0.25) is 13.8 Å². The zero-order valence-corrected chi connectivity index (χ0v) is 23.0. The third-order valence-electron chi connectivity index (χ3n) is 7.19. The number of hydrogen-bond donors (Lipinski definition) is 0. The molecular weight excluding hydrogens is 519 g/mol. The van der Waals surface area contributed by atoms with Crippen LogP contribution >= 0.6 is 23.2 Å². The minimum absolute atomic E-state index is 0.0487. The van der Waals surface area contributed by atoms with Gasteiger partial charge in [0.15, 0.2) is 0 Å². The summed E-state index contributed by atoms with van der Waals surface area (Å²) in [7, 11) is -1.65. The topological polar surface area (TPSA) is 66.9 Å². The minimum Gasteiger partial charge on any atom is -0.462 e. The first-order valence-corrected chi connectivity index (χ1v) is 14.5. The summed E-state index contributed by atoms with van der Waals surface area (Å²) in [6.45, 7) is 5.35. The predicted molar refractivity (Wildman–Crippen MR) is 144 cm³/mol. The predicted octanol–water partition coefficient (Wildman–Crippen LogP) is 5.72. The Bertz CT molecular complexity index is 1140. The van der Waals surface area contributed by atoms with Crippen LogP contribution in [0.25, 0.3) is 0 Å². The van der Waals surface area contributed by atoms with E-state index >= 15 is 0 Å². The van der Waals surface area contributed by atoms with Crippen LogP contribution in [-0.2, 0) is 20.3 Å². The molecule has 9 heteroatoms. The number of rotatable bonds is 6. The Morgan fingerprint density at radius 3 is 2.44 bits per heavy atom. The smallest absolute Gasteiger partial charge is 0.319 e. The highest BCUT2D eigenvalue weighted by Gasteiger charge is 2.34. The fraction of sp³-hybridized carbons (Fsp3) is 0.481. The molecule has 3 atom stereocenters. The second-order valence-electron chi connectivity index (χ2n) is 9.54. The maximum atomic E-state index is 13.4. The summed E-state index contributed by atoms with van der Waals surface area (Å²) in [5, 5.41) is 0.892. The largest absolute Gasteiger partial charge is 0.462 e. The Hall–Kier alpha value is -2.09. The highest BCUT2D eigenvalue weighted by atomic mass is 35.5. The lowest BCUT2D eigenvalue weighted by molar-refractivity contribution is -0.147. The van der Waals surface area contributed by atoms with Gasteiger partial charge in [0, 0.05) is 41.4 Å². The van der Waals surface area contributed by atoms with Crippen molar-refractivity contribution in [1.29, 1.82) is 0 Å². The first kappa shape index (κ1) is 27.0. The van der Waals surface area contributed by atoms with Crippen molar-refractivity contribution in [2.45, 2.75) is 69.0 Å². The molecule has 2 aliphatic rings. The van der Waals surface area contributed by atoms with E-state index in [0.29, 0.717) is 28.6 Å². The van der Waals surface area contributed by atoms with Crippen molar-refractivity contribution in [2.24, 2.45) is 0 Å². The molecule has 194 valence electrons. The molecule has 1 heterocycles. The van der Waals surface area contributed by atoms with Crippen LogP contribution in [0.3, 0.4) is 0 Å². The van der Waals surface area contributed by atoms with Crippen molar-refractivity contribution in [3.8, 4) is 0 Å². The molecule has 4 rings (SSSR count). The Kier molecular flexibility index (Phi) is 8.96. The van der Waals surface area contributed by atoms with Crippen molar-refractivity contribution in [1.82, 2.24) is 4.90 Å². The van der Waals surface area contributed by atoms with Gasteiger partial charge in [-0.05, 0) is 75.9 Å². The van der Waals surface area contributed by atoms with Crippen LogP contribution in [0.1, 0.15) is 56.3 Å². The lowest BCUT2D eigenvalue weighted by Gasteiger charge is -2.46. The molecule has 2 aromatic carbocycles. The number of amides is 1. The van der Waals surface area contributed by atoms with E-state index in [4.69, 9.17) is 27.9 Å². The molecule has 1 saturated carbocycles. The lowest BCUT2D eigenvalue weighted by atomic mass is 9.98. The van der Waals surface area contributed by atoms with Crippen molar-refractivity contribution < 1.29 is 18.5 Å². The van der Waals surface area contributed by atoms with Crippen LogP contribution in [-0.4, -0.2) is 58.0 Å². The second kappa shape index (κ2) is 12.0. The summed E-state index contributed by atoms with van der Waals surface area (Å²) in [6, 6.07) is 12.5. The maximum Gasteiger partial charge on any atom is 0.319 e. The summed E-state index contributed by atoms with van der Waals surface area (Å²) in [6.07, 6.45) is 4.91. The molecule has 0 aromatic heterocycles. The van der Waals surface area contributed by atoms with Gasteiger partial charge in [-0.15, -0.1) is 0 Å². The first-order valence-electron chi connectivity index (χ1n) is 12.4. The summed E-state index contributed by atoms with van der Waals surface area (Å²) < 4.78 is 18.3. The minimum atomic E-state index is -1.65. The van der Waals surface area contributed by atoms with Gasteiger partial charge in [-0.1, -0.05) is 35.7 Å². The molecule has 1 amide bonds. The monoisotopic (exact) mass is 550 g/mol. The molecular formula is C27H32Cl2N2O4S. The number of hydrogen-bond acceptors (Lipinski definition) is 5. The molecule has 0 radical (unpaired) electrons. The Morgan fingerprint density at radius 2 is 1.75 bits per heavy atom. The SMILES string of the molecule is CC1C(C)N(c2cccc(Cl)c2)CCN1C(=O)c1ccc(S(=O)CC(=O)OC2CCCCC2)c(Cl)c1. The van der Waals surface area contributed by atoms with E-state index in [9.17, 15) is 13.8 Å². The van der Waals surface area contributed by atoms with E-state index in [2.05, 4.69) is 11.8 Å². The van der Waals surface area contributed by atoms with E-state index in [1.807, 2.05) is 36.1 Å². The number of anilines is 1. The normalized spacial score (nSPS) is 21.8. The molecule has 0 spiro atoms. The van der Waals surface area contributed by atoms with E-state index in [1.165, 1.54) is 0 Å². The van der Waals surface area contributed by atoms with Gasteiger partial charge in [0.05, 0.1) is 20.7 Å². The number of ether oxygens (including phenoxy) is 1. The third-order valence-corrected chi connectivity index (χ3v) is 9.19. The van der Waals surface area contributed by atoms with Gasteiger partial charge in [0.1, 0.15) is 11.9 Å². The molecule has 1 aliphatic heterocycles. The maximum absolute atomic E-state index is 13.4. The fourth-order valence-electron chi connectivity index (χ4n) is 5.02. The summed E-state index contributed by atoms with van der Waals surface area (Å²) in [5.74, 6) is -0.850. The Labute approximate surface area is 225 Å². The number of carbonyl (C=O) groups excluding carboxylic acids is 2. The zero-order valence-electron chi connectivity index (χ0n) is 20.6. The zero-order chi connectivity index (χ0) is 25.8. The van der Waals surface area contributed by atoms with Crippen molar-refractivity contribution >= 4 is 51.6 Å². The van der Waals surface area contributed by atoms with Gasteiger partial charge in [0.2, 0.25) is 0 Å². The van der Waals surface area contributed by atoms with Crippen LogP contribution in [0.15, 0.2) is 47.4 Å². The molecule has 0 N–H and O–H groups in total. The van der Waals surface area contributed by atoms with Gasteiger partial charge >= 0.3 is 5.97 Å². The van der Waals surface area contributed by atoms with E-state index in [0.717, 1.165) is 37.8 Å². The molecule has 0 bridgehead atoms. The molecule has 36 heavy (non-hydrogen) atoms. The van der Waals surface area contributed by atoms with Gasteiger partial charge in [0.25, 0.3) is 5.91 Å². The number of piperazine rings is 1. The number of esters is 1. The van der Waals surface area contributed by atoms with E-state index in [1.54, 1.807) is 18.2 Å². The first-order chi connectivity index (χ1) is 17.2. The van der Waals surface area contributed by atoms with Crippen LogP contribution in [0.5, 0.6) is 0 Å². The quantitative estimate of drug-likeness (QED) is 0.430. The molecule has 2 fully saturated rings. The van der Waals surface area contributed by atoms with Gasteiger partial charge in [-0.25, -0.2) is 0 Å². The number of nitrogens with zero attached hydrogens (tertiary/aromatic N) is 2. The summed E-state index contributed by atoms with van der Waals surface area (Å²) in [5.41, 5.74) is 1.46. The van der Waals surface area contributed by atoms with Crippen molar-refractivity contribution in [3.63, 3.8) is 0 Å². The third kappa shape index (κ3) is 6.24. The van der Waals surface area contributed by atoms with Crippen LogP contribution in [0.2, 0.25) is 10.0 Å². The molecule has 2 aromatic rings. The highest BCUT2D eigenvalue weighted by Crippen LogP contribution is 2.29. The number of carbonyl (C=O) groups is 2. The highest BCUT2D eigenvalue weighted by molar-refractivity contribution is 7.85. The summed E-state index contributed by atoms with van der Waals surface area (Å²) in [4.78, 5) is 30.1. The Morgan fingerprint density at radius 1 is 1.00 bits per heavy atom. The average Bonchev–Trinajstić information content (AvgIpc) is 2.85.